The maximum absolute atomic E-state index is 10.1. The van der Waals surface area contributed by atoms with Crippen LogP contribution in [0.3, 0.4) is 0 Å². The Kier molecular flexibility index (Phi) is 9.36. The summed E-state index contributed by atoms with van der Waals surface area (Å²) in [5, 5.41) is 7.86. The third kappa shape index (κ3) is 6.90. The second-order valence-electron chi connectivity index (χ2n) is 6.66. The van der Waals surface area contributed by atoms with Crippen LogP contribution in [0.15, 0.2) is 91.0 Å². The van der Waals surface area contributed by atoms with Gasteiger partial charge in [-0.1, -0.05) is 111 Å². The van der Waals surface area contributed by atoms with Gasteiger partial charge in [0.15, 0.2) is 0 Å². The molecule has 1 unspecified atom stereocenters. The molecular formula is C25H28O2S. The fraction of sp³-hybridized carbons (Fsp3) is 0.240. The topological polar surface area (TPSA) is 37.3 Å². The van der Waals surface area contributed by atoms with E-state index in [2.05, 4.69) is 104 Å². The standard InChI is InChI=1S/C19H16.C6H12O2S/c1-4-10-16(11-5-1)19(17-12-6-2-7-13-17)18-14-8-3-9-15-18;1-2-3-4-5(9)6(7)8/h1-15,19H;5,9H,2-4H2,1H3,(H,7,8). The summed E-state index contributed by atoms with van der Waals surface area (Å²) in [4.78, 5) is 10.1. The number of aliphatic carboxylic acids is 1. The van der Waals surface area contributed by atoms with Crippen LogP contribution >= 0.6 is 12.6 Å². The molecule has 28 heavy (non-hydrogen) atoms. The maximum Gasteiger partial charge on any atom is 0.316 e. The smallest absolute Gasteiger partial charge is 0.316 e. The Balaban J connectivity index is 0.000000266. The van der Waals surface area contributed by atoms with Crippen LogP contribution < -0.4 is 0 Å². The molecule has 3 heteroatoms. The minimum absolute atomic E-state index is 0.309. The van der Waals surface area contributed by atoms with E-state index in [0.717, 1.165) is 12.8 Å². The minimum Gasteiger partial charge on any atom is -0.480 e. The number of carboxylic acid groups (broad SMARTS) is 1. The first kappa shape index (κ1) is 21.8. The number of hydrogen-bond donors (Lipinski definition) is 2. The van der Waals surface area contributed by atoms with Crippen molar-refractivity contribution in [2.75, 3.05) is 0 Å². The van der Waals surface area contributed by atoms with E-state index in [1.165, 1.54) is 16.7 Å². The summed E-state index contributed by atoms with van der Waals surface area (Å²) in [6.07, 6.45) is 2.65. The van der Waals surface area contributed by atoms with E-state index in [0.29, 0.717) is 12.3 Å². The van der Waals surface area contributed by atoms with E-state index >= 15 is 0 Å². The zero-order valence-corrected chi connectivity index (χ0v) is 17.1. The third-order valence-electron chi connectivity index (χ3n) is 4.51. The van der Waals surface area contributed by atoms with Crippen LogP contribution in [-0.2, 0) is 4.79 Å². The fourth-order valence-electron chi connectivity index (χ4n) is 3.03. The van der Waals surface area contributed by atoms with Crippen LogP contribution in [0.4, 0.5) is 0 Å². The van der Waals surface area contributed by atoms with Gasteiger partial charge >= 0.3 is 5.97 Å². The lowest BCUT2D eigenvalue weighted by Gasteiger charge is -2.18. The highest BCUT2D eigenvalue weighted by atomic mass is 32.1. The molecule has 146 valence electrons. The van der Waals surface area contributed by atoms with Gasteiger partial charge in [-0.25, -0.2) is 0 Å². The number of benzene rings is 3. The predicted octanol–water partition coefficient (Wildman–Crippen LogP) is 6.43. The second kappa shape index (κ2) is 12.0. The number of thiol groups is 1. The molecule has 0 fully saturated rings. The van der Waals surface area contributed by atoms with Gasteiger partial charge in [0.1, 0.15) is 0 Å². The molecule has 1 atom stereocenters. The first-order valence-corrected chi connectivity index (χ1v) is 10.2. The highest BCUT2D eigenvalue weighted by Crippen LogP contribution is 2.31. The fourth-order valence-corrected chi connectivity index (χ4v) is 3.22. The van der Waals surface area contributed by atoms with Gasteiger partial charge in [0.25, 0.3) is 0 Å². The zero-order chi connectivity index (χ0) is 20.2. The molecule has 3 aromatic carbocycles. The number of carboxylic acids is 1. The summed E-state index contributed by atoms with van der Waals surface area (Å²) in [6.45, 7) is 2.03. The SMILES string of the molecule is CCCCC(S)C(=O)O.c1ccc(C(c2ccccc2)c2ccccc2)cc1. The Hall–Kier alpha value is -2.52. The average molecular weight is 393 g/mol. The molecule has 0 aromatic heterocycles. The Bertz CT molecular complexity index is 710. The van der Waals surface area contributed by atoms with Gasteiger partial charge in [0, 0.05) is 5.92 Å². The van der Waals surface area contributed by atoms with E-state index in [1.54, 1.807) is 0 Å². The second-order valence-corrected chi connectivity index (χ2v) is 7.28. The lowest BCUT2D eigenvalue weighted by Crippen LogP contribution is -2.12. The first-order chi connectivity index (χ1) is 13.6. The van der Waals surface area contributed by atoms with Crippen LogP contribution in [0, 0.1) is 0 Å². The molecule has 0 aliphatic rings. The number of carbonyl (C=O) groups is 1. The summed E-state index contributed by atoms with van der Waals surface area (Å²) in [6, 6.07) is 32.0. The molecule has 0 radical (unpaired) electrons. The number of rotatable bonds is 7. The Morgan fingerprint density at radius 2 is 1.14 bits per heavy atom. The molecule has 0 amide bonds. The van der Waals surface area contributed by atoms with Crippen LogP contribution in [0.2, 0.25) is 0 Å². The average Bonchev–Trinajstić information content (AvgIpc) is 2.75. The molecule has 0 aliphatic carbocycles. The largest absolute Gasteiger partial charge is 0.480 e. The molecule has 2 nitrogen and oxygen atoms in total. The van der Waals surface area contributed by atoms with E-state index in [-0.39, 0.29) is 0 Å². The first-order valence-electron chi connectivity index (χ1n) is 9.69. The summed E-state index contributed by atoms with van der Waals surface area (Å²) in [5.41, 5.74) is 4.00. The molecule has 0 spiro atoms. The normalized spacial score (nSPS) is 11.4. The lowest BCUT2D eigenvalue weighted by atomic mass is 9.85. The van der Waals surface area contributed by atoms with Crippen LogP contribution in [0.25, 0.3) is 0 Å². The summed E-state index contributed by atoms with van der Waals surface area (Å²) >= 11 is 3.86. The third-order valence-corrected chi connectivity index (χ3v) is 4.99. The quantitative estimate of drug-likeness (QED) is 0.359. The van der Waals surface area contributed by atoms with E-state index in [4.69, 9.17) is 5.11 Å². The van der Waals surface area contributed by atoms with Crippen LogP contribution in [0.1, 0.15) is 48.8 Å². The molecular weight excluding hydrogens is 364 g/mol. The van der Waals surface area contributed by atoms with E-state index < -0.39 is 11.2 Å². The molecule has 0 heterocycles. The van der Waals surface area contributed by atoms with Gasteiger partial charge in [-0.15, -0.1) is 0 Å². The van der Waals surface area contributed by atoms with Crippen molar-refractivity contribution in [1.82, 2.24) is 0 Å². The summed E-state index contributed by atoms with van der Waals surface area (Å²) < 4.78 is 0. The monoisotopic (exact) mass is 392 g/mol. The predicted molar refractivity (Wildman–Crippen MR) is 120 cm³/mol. The van der Waals surface area contributed by atoms with Crippen molar-refractivity contribution in [3.05, 3.63) is 108 Å². The maximum atomic E-state index is 10.1. The molecule has 0 saturated heterocycles. The van der Waals surface area contributed by atoms with E-state index in [1.807, 2.05) is 6.92 Å². The zero-order valence-electron chi connectivity index (χ0n) is 16.2. The molecule has 1 N–H and O–H groups in total. The van der Waals surface area contributed by atoms with Gasteiger partial charge in [0.05, 0.1) is 5.25 Å². The van der Waals surface area contributed by atoms with Crippen molar-refractivity contribution in [2.24, 2.45) is 0 Å². The van der Waals surface area contributed by atoms with Crippen molar-refractivity contribution in [1.29, 1.82) is 0 Å². The van der Waals surface area contributed by atoms with E-state index in [9.17, 15) is 4.79 Å². The van der Waals surface area contributed by atoms with Crippen LogP contribution in [0.5, 0.6) is 0 Å². The Morgan fingerprint density at radius 3 is 1.43 bits per heavy atom. The highest BCUT2D eigenvalue weighted by molar-refractivity contribution is 7.81. The number of unbranched alkanes of at least 4 members (excludes halogenated alkanes) is 1. The van der Waals surface area contributed by atoms with Crippen molar-refractivity contribution < 1.29 is 9.90 Å². The molecule has 3 rings (SSSR count). The van der Waals surface area contributed by atoms with Gasteiger partial charge in [-0.05, 0) is 23.1 Å². The molecule has 0 bridgehead atoms. The summed E-state index contributed by atoms with van der Waals surface area (Å²) in [5.74, 6) is -0.504. The van der Waals surface area contributed by atoms with Gasteiger partial charge in [-0.2, -0.15) is 12.6 Å². The van der Waals surface area contributed by atoms with Crippen molar-refractivity contribution in [3.63, 3.8) is 0 Å². The van der Waals surface area contributed by atoms with Crippen molar-refractivity contribution in [3.8, 4) is 0 Å². The minimum atomic E-state index is -0.813. The number of hydrogen-bond acceptors (Lipinski definition) is 2. The Labute approximate surface area is 173 Å². The Morgan fingerprint density at radius 1 is 0.786 bits per heavy atom. The van der Waals surface area contributed by atoms with Gasteiger partial charge < -0.3 is 5.11 Å². The molecule has 3 aromatic rings. The lowest BCUT2D eigenvalue weighted by molar-refractivity contribution is -0.136. The van der Waals surface area contributed by atoms with Crippen molar-refractivity contribution >= 4 is 18.6 Å². The van der Waals surface area contributed by atoms with Crippen molar-refractivity contribution in [2.45, 2.75) is 37.4 Å². The molecule has 0 aliphatic heterocycles. The van der Waals surface area contributed by atoms with Gasteiger partial charge in [0.2, 0.25) is 0 Å². The molecule has 0 saturated carbocycles. The van der Waals surface area contributed by atoms with Gasteiger partial charge in [-0.3, -0.25) is 4.79 Å². The highest BCUT2D eigenvalue weighted by Gasteiger charge is 2.15. The van der Waals surface area contributed by atoms with Crippen LogP contribution in [-0.4, -0.2) is 16.3 Å². The summed E-state index contributed by atoms with van der Waals surface area (Å²) in [7, 11) is 0.